The molecule has 0 heterocycles. The van der Waals surface area contributed by atoms with Gasteiger partial charge in [-0.15, -0.1) is 0 Å². The highest BCUT2D eigenvalue weighted by molar-refractivity contribution is 5.79. The van der Waals surface area contributed by atoms with Gasteiger partial charge in [0.15, 0.2) is 11.6 Å². The van der Waals surface area contributed by atoms with E-state index in [1.807, 2.05) is 0 Å². The number of hydrogen-bond donors (Lipinski definition) is 2. The largest absolute Gasteiger partial charge is 0.486 e. The predicted octanol–water partition coefficient (Wildman–Crippen LogP) is 2.51. The molecule has 1 unspecified atom stereocenters. The SMILES string of the molecule is CC(NCc1ccc(OCc2ccccc2F)c(F)c1)C(N)=O. The number of ether oxygens (including phenoxy) is 1. The number of hydrogen-bond acceptors (Lipinski definition) is 3. The molecule has 0 spiro atoms. The van der Waals surface area contributed by atoms with Crippen LogP contribution in [0, 0.1) is 11.6 Å². The monoisotopic (exact) mass is 320 g/mol. The molecule has 0 fully saturated rings. The minimum Gasteiger partial charge on any atom is -0.486 e. The molecule has 2 rings (SSSR count). The number of carbonyl (C=O) groups excluding carboxylic acids is 1. The number of halogens is 2. The van der Waals surface area contributed by atoms with Gasteiger partial charge >= 0.3 is 0 Å². The first-order chi connectivity index (χ1) is 11.0. The van der Waals surface area contributed by atoms with E-state index in [9.17, 15) is 13.6 Å². The Kier molecular flexibility index (Phi) is 5.65. The topological polar surface area (TPSA) is 64.3 Å². The minimum absolute atomic E-state index is 0.0416. The number of benzene rings is 2. The summed E-state index contributed by atoms with van der Waals surface area (Å²) < 4.78 is 32.8. The van der Waals surface area contributed by atoms with Gasteiger partial charge in [0.25, 0.3) is 0 Å². The maximum Gasteiger partial charge on any atom is 0.234 e. The molecule has 2 aromatic rings. The Labute approximate surface area is 133 Å². The molecular formula is C17H18F2N2O2. The Balaban J connectivity index is 1.97. The molecule has 0 saturated heterocycles. The van der Waals surface area contributed by atoms with E-state index < -0.39 is 23.6 Å². The Hall–Kier alpha value is -2.47. The summed E-state index contributed by atoms with van der Waals surface area (Å²) in [6.07, 6.45) is 0. The zero-order valence-corrected chi connectivity index (χ0v) is 12.7. The minimum atomic E-state index is -0.549. The lowest BCUT2D eigenvalue weighted by Crippen LogP contribution is -2.38. The van der Waals surface area contributed by atoms with Crippen molar-refractivity contribution in [3.8, 4) is 5.75 Å². The summed E-state index contributed by atoms with van der Waals surface area (Å²) in [4.78, 5) is 10.9. The number of nitrogens with two attached hydrogens (primary N) is 1. The molecule has 4 nitrogen and oxygen atoms in total. The van der Waals surface area contributed by atoms with Crippen molar-refractivity contribution in [2.75, 3.05) is 0 Å². The van der Waals surface area contributed by atoms with Crippen molar-refractivity contribution >= 4 is 5.91 Å². The molecule has 1 atom stereocenters. The van der Waals surface area contributed by atoms with Crippen LogP contribution in [0.3, 0.4) is 0 Å². The summed E-state index contributed by atoms with van der Waals surface area (Å²) in [5.41, 5.74) is 6.14. The Morgan fingerprint density at radius 2 is 1.96 bits per heavy atom. The van der Waals surface area contributed by atoms with Gasteiger partial charge in [-0.05, 0) is 30.7 Å². The van der Waals surface area contributed by atoms with Gasteiger partial charge in [0.1, 0.15) is 12.4 Å². The highest BCUT2D eigenvalue weighted by atomic mass is 19.1. The van der Waals surface area contributed by atoms with Crippen molar-refractivity contribution in [3.63, 3.8) is 0 Å². The smallest absolute Gasteiger partial charge is 0.234 e. The number of carbonyl (C=O) groups is 1. The first-order valence-corrected chi connectivity index (χ1v) is 7.14. The van der Waals surface area contributed by atoms with Gasteiger partial charge in [0.2, 0.25) is 5.91 Å². The summed E-state index contributed by atoms with van der Waals surface area (Å²) in [7, 11) is 0. The first kappa shape index (κ1) is 16.9. The molecule has 0 bridgehead atoms. The maximum atomic E-state index is 14.0. The highest BCUT2D eigenvalue weighted by Gasteiger charge is 2.10. The van der Waals surface area contributed by atoms with Crippen LogP contribution in [-0.2, 0) is 17.9 Å². The molecule has 0 aliphatic rings. The number of rotatable bonds is 7. The molecule has 6 heteroatoms. The van der Waals surface area contributed by atoms with Crippen LogP contribution in [0.5, 0.6) is 5.75 Å². The van der Waals surface area contributed by atoms with Crippen LogP contribution in [0.4, 0.5) is 8.78 Å². The van der Waals surface area contributed by atoms with E-state index in [4.69, 9.17) is 10.5 Å². The summed E-state index contributed by atoms with van der Waals surface area (Å²) in [5.74, 6) is -1.38. The molecule has 1 amide bonds. The van der Waals surface area contributed by atoms with E-state index in [0.717, 1.165) is 0 Å². The summed E-state index contributed by atoms with van der Waals surface area (Å²) in [5, 5.41) is 2.88. The fourth-order valence-electron chi connectivity index (χ4n) is 1.91. The number of primary amides is 1. The summed E-state index contributed by atoms with van der Waals surface area (Å²) in [6.45, 7) is 1.87. The van der Waals surface area contributed by atoms with Crippen molar-refractivity contribution < 1.29 is 18.3 Å². The van der Waals surface area contributed by atoms with Crippen LogP contribution in [0.15, 0.2) is 42.5 Å². The highest BCUT2D eigenvalue weighted by Crippen LogP contribution is 2.20. The van der Waals surface area contributed by atoms with Gasteiger partial charge in [0.05, 0.1) is 6.04 Å². The average molecular weight is 320 g/mol. The predicted molar refractivity (Wildman–Crippen MR) is 82.6 cm³/mol. The van der Waals surface area contributed by atoms with E-state index in [-0.39, 0.29) is 12.4 Å². The molecule has 0 radical (unpaired) electrons. The van der Waals surface area contributed by atoms with Crippen molar-refractivity contribution in [3.05, 3.63) is 65.2 Å². The van der Waals surface area contributed by atoms with E-state index in [0.29, 0.717) is 17.7 Å². The average Bonchev–Trinajstić information content (AvgIpc) is 2.53. The molecule has 0 aliphatic heterocycles. The Morgan fingerprint density at radius 3 is 2.61 bits per heavy atom. The second-order valence-corrected chi connectivity index (χ2v) is 5.15. The van der Waals surface area contributed by atoms with Gasteiger partial charge in [-0.3, -0.25) is 4.79 Å². The molecule has 3 N–H and O–H groups in total. The lowest BCUT2D eigenvalue weighted by molar-refractivity contribution is -0.119. The maximum absolute atomic E-state index is 14.0. The van der Waals surface area contributed by atoms with Crippen LogP contribution in [0.1, 0.15) is 18.1 Å². The number of nitrogens with one attached hydrogen (secondary N) is 1. The number of amides is 1. The zero-order valence-electron chi connectivity index (χ0n) is 12.7. The third-order valence-electron chi connectivity index (χ3n) is 3.38. The van der Waals surface area contributed by atoms with Gasteiger partial charge in [0, 0.05) is 12.1 Å². The van der Waals surface area contributed by atoms with Gasteiger partial charge < -0.3 is 15.8 Å². The van der Waals surface area contributed by atoms with E-state index >= 15 is 0 Å². The molecule has 23 heavy (non-hydrogen) atoms. The van der Waals surface area contributed by atoms with E-state index in [1.54, 1.807) is 31.2 Å². The molecule has 122 valence electrons. The van der Waals surface area contributed by atoms with Crippen molar-refractivity contribution in [1.82, 2.24) is 5.32 Å². The second-order valence-electron chi connectivity index (χ2n) is 5.15. The van der Waals surface area contributed by atoms with Gasteiger partial charge in [-0.25, -0.2) is 8.78 Å². The summed E-state index contributed by atoms with van der Waals surface area (Å²) >= 11 is 0. The second kappa shape index (κ2) is 7.69. The molecule has 0 aromatic heterocycles. The Bertz CT molecular complexity index is 692. The van der Waals surface area contributed by atoms with Gasteiger partial charge in [-0.2, -0.15) is 0 Å². The molecular weight excluding hydrogens is 302 g/mol. The van der Waals surface area contributed by atoms with E-state index in [2.05, 4.69) is 5.32 Å². The fraction of sp³-hybridized carbons (Fsp3) is 0.235. The third kappa shape index (κ3) is 4.75. The lowest BCUT2D eigenvalue weighted by atomic mass is 10.2. The quantitative estimate of drug-likeness (QED) is 0.824. The van der Waals surface area contributed by atoms with Crippen molar-refractivity contribution in [2.24, 2.45) is 5.73 Å². The van der Waals surface area contributed by atoms with Crippen LogP contribution < -0.4 is 15.8 Å². The third-order valence-corrected chi connectivity index (χ3v) is 3.38. The lowest BCUT2D eigenvalue weighted by Gasteiger charge is -2.12. The van der Waals surface area contributed by atoms with E-state index in [1.165, 1.54) is 18.2 Å². The zero-order chi connectivity index (χ0) is 16.8. The van der Waals surface area contributed by atoms with Crippen molar-refractivity contribution in [1.29, 1.82) is 0 Å². The van der Waals surface area contributed by atoms with Crippen LogP contribution in [0.25, 0.3) is 0 Å². The molecule has 0 aliphatic carbocycles. The first-order valence-electron chi connectivity index (χ1n) is 7.14. The fourth-order valence-corrected chi connectivity index (χ4v) is 1.91. The van der Waals surface area contributed by atoms with Crippen LogP contribution >= 0.6 is 0 Å². The van der Waals surface area contributed by atoms with Crippen molar-refractivity contribution in [2.45, 2.75) is 26.1 Å². The standard InChI is InChI=1S/C17H18F2N2O2/c1-11(17(20)22)21-9-12-6-7-16(15(19)8-12)23-10-13-4-2-3-5-14(13)18/h2-8,11,21H,9-10H2,1H3,(H2,20,22). The summed E-state index contributed by atoms with van der Waals surface area (Å²) in [6, 6.07) is 10.1. The molecule has 2 aromatic carbocycles. The molecule has 0 saturated carbocycles. The normalized spacial score (nSPS) is 12.0. The Morgan fingerprint density at radius 1 is 1.22 bits per heavy atom. The van der Waals surface area contributed by atoms with Crippen LogP contribution in [0.2, 0.25) is 0 Å². The van der Waals surface area contributed by atoms with Crippen LogP contribution in [-0.4, -0.2) is 11.9 Å². The van der Waals surface area contributed by atoms with Gasteiger partial charge in [-0.1, -0.05) is 24.3 Å².